The maximum absolute atomic E-state index is 13.9. The second-order valence-electron chi connectivity index (χ2n) is 4.90. The molecular formula is C13H17ClFN3. The summed E-state index contributed by atoms with van der Waals surface area (Å²) in [6.07, 6.45) is 0. The average Bonchev–Trinajstić information content (AvgIpc) is 2.61. The molecule has 18 heavy (non-hydrogen) atoms. The Hall–Kier alpha value is -1.29. The van der Waals surface area contributed by atoms with E-state index in [0.717, 1.165) is 6.54 Å². The van der Waals surface area contributed by atoms with Crippen molar-refractivity contribution in [1.29, 1.82) is 0 Å². The van der Waals surface area contributed by atoms with Crippen molar-refractivity contribution in [2.75, 3.05) is 13.1 Å². The average molecular weight is 270 g/mol. The Labute approximate surface area is 111 Å². The van der Waals surface area contributed by atoms with Gasteiger partial charge in [-0.15, -0.1) is 0 Å². The van der Waals surface area contributed by atoms with E-state index in [1.54, 1.807) is 12.1 Å². The molecule has 0 aromatic heterocycles. The van der Waals surface area contributed by atoms with Gasteiger partial charge in [-0.3, -0.25) is 4.99 Å². The zero-order valence-electron chi connectivity index (χ0n) is 10.5. The molecule has 0 saturated carbocycles. The van der Waals surface area contributed by atoms with E-state index in [1.165, 1.54) is 6.07 Å². The van der Waals surface area contributed by atoms with Crippen LogP contribution in [0.5, 0.6) is 0 Å². The van der Waals surface area contributed by atoms with Gasteiger partial charge < -0.3 is 10.6 Å². The van der Waals surface area contributed by atoms with Gasteiger partial charge in [0.25, 0.3) is 0 Å². The molecule has 1 heterocycles. The zero-order valence-corrected chi connectivity index (χ0v) is 11.3. The highest BCUT2D eigenvalue weighted by Crippen LogP contribution is 2.33. The van der Waals surface area contributed by atoms with Crippen molar-refractivity contribution in [1.82, 2.24) is 4.90 Å². The molecule has 0 bridgehead atoms. The van der Waals surface area contributed by atoms with Gasteiger partial charge in [-0.1, -0.05) is 31.5 Å². The largest absolute Gasteiger partial charge is 0.370 e. The van der Waals surface area contributed by atoms with Crippen LogP contribution < -0.4 is 5.73 Å². The minimum Gasteiger partial charge on any atom is -0.370 e. The van der Waals surface area contributed by atoms with Crippen molar-refractivity contribution < 1.29 is 4.39 Å². The molecule has 98 valence electrons. The van der Waals surface area contributed by atoms with E-state index in [4.69, 9.17) is 17.3 Å². The third kappa shape index (κ3) is 2.43. The van der Waals surface area contributed by atoms with Gasteiger partial charge in [0, 0.05) is 17.1 Å². The fourth-order valence-corrected chi connectivity index (χ4v) is 2.51. The summed E-state index contributed by atoms with van der Waals surface area (Å²) in [5.41, 5.74) is 6.36. The quantitative estimate of drug-likeness (QED) is 0.917. The monoisotopic (exact) mass is 269 g/mol. The molecule has 1 atom stereocenters. The van der Waals surface area contributed by atoms with Crippen LogP contribution in [0, 0.1) is 11.7 Å². The topological polar surface area (TPSA) is 41.6 Å². The van der Waals surface area contributed by atoms with E-state index < -0.39 is 0 Å². The number of rotatable bonds is 3. The van der Waals surface area contributed by atoms with Crippen molar-refractivity contribution in [3.05, 3.63) is 34.6 Å². The van der Waals surface area contributed by atoms with Gasteiger partial charge in [-0.25, -0.2) is 4.39 Å². The lowest BCUT2D eigenvalue weighted by molar-refractivity contribution is 0.303. The molecule has 2 rings (SSSR count). The highest BCUT2D eigenvalue weighted by atomic mass is 35.5. The van der Waals surface area contributed by atoms with Crippen molar-refractivity contribution in [2.24, 2.45) is 16.6 Å². The van der Waals surface area contributed by atoms with E-state index >= 15 is 0 Å². The summed E-state index contributed by atoms with van der Waals surface area (Å²) < 4.78 is 13.9. The molecule has 2 N–H and O–H groups in total. The molecule has 1 aliphatic rings. The van der Waals surface area contributed by atoms with E-state index in [1.807, 2.05) is 4.90 Å². The number of benzene rings is 1. The molecule has 0 saturated heterocycles. The summed E-state index contributed by atoms with van der Waals surface area (Å²) in [6.45, 7) is 5.38. The Morgan fingerprint density at radius 3 is 2.89 bits per heavy atom. The number of hydrogen-bond donors (Lipinski definition) is 1. The lowest BCUT2D eigenvalue weighted by Crippen LogP contribution is -2.38. The fourth-order valence-electron chi connectivity index (χ4n) is 2.22. The molecule has 1 aromatic rings. The second-order valence-corrected chi connectivity index (χ2v) is 5.30. The molecule has 0 fully saturated rings. The number of hydrogen-bond acceptors (Lipinski definition) is 3. The number of nitrogens with two attached hydrogens (primary N) is 1. The summed E-state index contributed by atoms with van der Waals surface area (Å²) in [6, 6.07) is 4.53. The standard InChI is InChI=1S/C13H17ClFN3/c1-8(2)7-18-11(6-17-13(18)16)12-9(14)4-3-5-10(12)15/h3-5,8,11H,6-7H2,1-2H3,(H2,16,17). The van der Waals surface area contributed by atoms with Gasteiger partial charge in [0.15, 0.2) is 5.96 Å². The van der Waals surface area contributed by atoms with Crippen LogP contribution in [0.15, 0.2) is 23.2 Å². The highest BCUT2D eigenvalue weighted by molar-refractivity contribution is 6.31. The number of halogens is 2. The molecule has 5 heteroatoms. The SMILES string of the molecule is CC(C)CN1C(N)=NCC1c1c(F)cccc1Cl. The molecule has 3 nitrogen and oxygen atoms in total. The Morgan fingerprint density at radius 2 is 2.28 bits per heavy atom. The summed E-state index contributed by atoms with van der Waals surface area (Å²) in [5.74, 6) is 0.587. The minimum atomic E-state index is -0.300. The van der Waals surface area contributed by atoms with Gasteiger partial charge >= 0.3 is 0 Å². The molecular weight excluding hydrogens is 253 g/mol. The lowest BCUT2D eigenvalue weighted by atomic mass is 10.0. The normalized spacial score (nSPS) is 19.5. The first kappa shape index (κ1) is 13.1. The van der Waals surface area contributed by atoms with Crippen LogP contribution >= 0.6 is 11.6 Å². The summed E-state index contributed by atoms with van der Waals surface area (Å²) in [4.78, 5) is 6.13. The van der Waals surface area contributed by atoms with Crippen LogP contribution in [0.2, 0.25) is 5.02 Å². The number of guanidine groups is 1. The zero-order chi connectivity index (χ0) is 13.3. The second kappa shape index (κ2) is 5.14. The fraction of sp³-hybridized carbons (Fsp3) is 0.462. The number of aliphatic imine (C=N–C) groups is 1. The smallest absolute Gasteiger partial charge is 0.191 e. The summed E-state index contributed by atoms with van der Waals surface area (Å²) >= 11 is 6.10. The Kier molecular flexibility index (Phi) is 3.76. The first-order valence-electron chi connectivity index (χ1n) is 6.01. The van der Waals surface area contributed by atoms with Crippen LogP contribution in [0.1, 0.15) is 25.5 Å². The van der Waals surface area contributed by atoms with Crippen LogP contribution in [0.3, 0.4) is 0 Å². The molecule has 1 aliphatic heterocycles. The van der Waals surface area contributed by atoms with Gasteiger partial charge in [0.1, 0.15) is 5.82 Å². The Morgan fingerprint density at radius 1 is 1.56 bits per heavy atom. The maximum atomic E-state index is 13.9. The van der Waals surface area contributed by atoms with Crippen LogP contribution in [0.25, 0.3) is 0 Å². The predicted molar refractivity (Wildman–Crippen MR) is 72.2 cm³/mol. The van der Waals surface area contributed by atoms with Gasteiger partial charge in [0.05, 0.1) is 12.6 Å². The van der Waals surface area contributed by atoms with Crippen LogP contribution in [0.4, 0.5) is 4.39 Å². The molecule has 0 aliphatic carbocycles. The lowest BCUT2D eigenvalue weighted by Gasteiger charge is -2.28. The maximum Gasteiger partial charge on any atom is 0.191 e. The van der Waals surface area contributed by atoms with Crippen molar-refractivity contribution in [3.8, 4) is 0 Å². The molecule has 1 unspecified atom stereocenters. The third-order valence-electron chi connectivity index (χ3n) is 2.99. The Balaban J connectivity index is 2.33. The first-order chi connectivity index (χ1) is 8.50. The third-order valence-corrected chi connectivity index (χ3v) is 3.32. The van der Waals surface area contributed by atoms with Gasteiger partial charge in [-0.2, -0.15) is 0 Å². The van der Waals surface area contributed by atoms with E-state index in [0.29, 0.717) is 29.0 Å². The van der Waals surface area contributed by atoms with Gasteiger partial charge in [-0.05, 0) is 18.1 Å². The Bertz CT molecular complexity index is 453. The summed E-state index contributed by atoms with van der Waals surface area (Å²) in [7, 11) is 0. The van der Waals surface area contributed by atoms with E-state index in [-0.39, 0.29) is 11.9 Å². The van der Waals surface area contributed by atoms with Crippen molar-refractivity contribution in [3.63, 3.8) is 0 Å². The van der Waals surface area contributed by atoms with Crippen molar-refractivity contribution in [2.45, 2.75) is 19.9 Å². The van der Waals surface area contributed by atoms with Crippen LogP contribution in [-0.4, -0.2) is 23.9 Å². The van der Waals surface area contributed by atoms with Gasteiger partial charge in [0.2, 0.25) is 0 Å². The van der Waals surface area contributed by atoms with E-state index in [9.17, 15) is 4.39 Å². The molecule has 1 aromatic carbocycles. The predicted octanol–water partition coefficient (Wildman–Crippen LogP) is 2.81. The van der Waals surface area contributed by atoms with E-state index in [2.05, 4.69) is 18.8 Å². The molecule has 0 radical (unpaired) electrons. The number of nitrogens with zero attached hydrogens (tertiary/aromatic N) is 2. The van der Waals surface area contributed by atoms with Crippen molar-refractivity contribution >= 4 is 17.6 Å². The molecule has 0 amide bonds. The minimum absolute atomic E-state index is 0.193. The van der Waals surface area contributed by atoms with Crippen LogP contribution in [-0.2, 0) is 0 Å². The summed E-state index contributed by atoms with van der Waals surface area (Å²) in [5, 5.41) is 0.429. The first-order valence-corrected chi connectivity index (χ1v) is 6.39. The molecule has 0 spiro atoms. The highest BCUT2D eigenvalue weighted by Gasteiger charge is 2.31.